The van der Waals surface area contributed by atoms with E-state index in [-0.39, 0.29) is 17.5 Å². The number of hydrogen-bond donors (Lipinski definition) is 2. The summed E-state index contributed by atoms with van der Waals surface area (Å²) < 4.78 is 0. The van der Waals surface area contributed by atoms with Crippen molar-refractivity contribution in [1.82, 2.24) is 0 Å². The van der Waals surface area contributed by atoms with Crippen molar-refractivity contribution < 1.29 is 10.2 Å². The molecule has 0 saturated heterocycles. The zero-order valence-corrected chi connectivity index (χ0v) is 11.2. The molecule has 19 heavy (non-hydrogen) atoms. The average molecular weight is 276 g/mol. The van der Waals surface area contributed by atoms with Crippen LogP contribution in [0.5, 0.6) is 11.5 Å². The first-order valence-electron chi connectivity index (χ1n) is 5.87. The van der Waals surface area contributed by atoms with Gasteiger partial charge in [0, 0.05) is 22.4 Å². The van der Waals surface area contributed by atoms with Crippen LogP contribution in [0.1, 0.15) is 24.1 Å². The molecule has 2 aromatic rings. The second kappa shape index (κ2) is 5.76. The summed E-state index contributed by atoms with van der Waals surface area (Å²) in [5.41, 5.74) is 1.29. The van der Waals surface area contributed by atoms with E-state index in [1.165, 1.54) is 6.07 Å². The van der Waals surface area contributed by atoms with Gasteiger partial charge in [0.2, 0.25) is 0 Å². The van der Waals surface area contributed by atoms with Gasteiger partial charge >= 0.3 is 0 Å². The van der Waals surface area contributed by atoms with Crippen LogP contribution in [0, 0.1) is 0 Å². The van der Waals surface area contributed by atoms with Gasteiger partial charge in [-0.25, -0.2) is 0 Å². The van der Waals surface area contributed by atoms with Crippen molar-refractivity contribution in [3.63, 3.8) is 0 Å². The minimum atomic E-state index is -0.209. The van der Waals surface area contributed by atoms with Crippen LogP contribution in [0.3, 0.4) is 0 Å². The van der Waals surface area contributed by atoms with E-state index in [2.05, 4.69) is 4.99 Å². The van der Waals surface area contributed by atoms with E-state index in [0.29, 0.717) is 10.6 Å². The van der Waals surface area contributed by atoms with Crippen LogP contribution in [0.25, 0.3) is 0 Å². The predicted molar refractivity (Wildman–Crippen MR) is 77.2 cm³/mol. The molecule has 0 fully saturated rings. The Kier molecular flexibility index (Phi) is 4.07. The zero-order chi connectivity index (χ0) is 13.8. The Labute approximate surface area is 116 Å². The third-order valence-electron chi connectivity index (χ3n) is 2.81. The summed E-state index contributed by atoms with van der Waals surface area (Å²) in [5, 5.41) is 19.9. The molecule has 1 unspecified atom stereocenters. The van der Waals surface area contributed by atoms with Gasteiger partial charge in [-0.3, -0.25) is 4.99 Å². The maximum atomic E-state index is 9.73. The minimum absolute atomic E-state index is 0.123. The molecule has 0 amide bonds. The Balaban J connectivity index is 2.23. The molecule has 0 heterocycles. The minimum Gasteiger partial charge on any atom is -0.508 e. The van der Waals surface area contributed by atoms with E-state index in [0.717, 1.165) is 5.56 Å². The number of nitrogens with zero attached hydrogens (tertiary/aromatic N) is 1. The van der Waals surface area contributed by atoms with Crippen molar-refractivity contribution in [2.75, 3.05) is 0 Å². The molecule has 2 N–H and O–H groups in total. The van der Waals surface area contributed by atoms with Crippen molar-refractivity contribution in [3.05, 3.63) is 58.6 Å². The molecule has 0 aliphatic rings. The standard InChI is InChI=1S/C15H14ClNO2/c1-10(13-4-2-3-5-15(13)19)17-9-11-8-12(16)6-7-14(11)18/h2-10,18-19H,1H3. The number of para-hydroxylation sites is 1. The fraction of sp³-hybridized carbons (Fsp3) is 0.133. The van der Waals surface area contributed by atoms with Gasteiger partial charge in [-0.15, -0.1) is 0 Å². The van der Waals surface area contributed by atoms with E-state index in [4.69, 9.17) is 11.6 Å². The van der Waals surface area contributed by atoms with Crippen molar-refractivity contribution in [2.45, 2.75) is 13.0 Å². The highest BCUT2D eigenvalue weighted by Gasteiger charge is 2.07. The predicted octanol–water partition coefficient (Wildman–Crippen LogP) is 3.93. The SMILES string of the molecule is CC(N=Cc1cc(Cl)ccc1O)c1ccccc1O. The van der Waals surface area contributed by atoms with Crippen LogP contribution >= 0.6 is 11.6 Å². The van der Waals surface area contributed by atoms with E-state index in [1.807, 2.05) is 19.1 Å². The molecule has 0 aliphatic carbocycles. The quantitative estimate of drug-likeness (QED) is 0.834. The molecule has 2 rings (SSSR count). The van der Waals surface area contributed by atoms with E-state index >= 15 is 0 Å². The van der Waals surface area contributed by atoms with Gasteiger partial charge in [0.05, 0.1) is 6.04 Å². The molecule has 0 aliphatic heterocycles. The molecule has 0 bridgehead atoms. The van der Waals surface area contributed by atoms with Crippen LogP contribution in [-0.4, -0.2) is 16.4 Å². The Bertz CT molecular complexity index is 611. The van der Waals surface area contributed by atoms with Gasteiger partial charge in [-0.2, -0.15) is 0 Å². The fourth-order valence-corrected chi connectivity index (χ4v) is 1.92. The molecule has 4 heteroatoms. The Hall–Kier alpha value is -2.00. The van der Waals surface area contributed by atoms with Crippen molar-refractivity contribution >= 4 is 17.8 Å². The summed E-state index contributed by atoms with van der Waals surface area (Å²) in [6.45, 7) is 1.87. The number of rotatable bonds is 3. The molecular weight excluding hydrogens is 262 g/mol. The number of phenolic OH excluding ortho intramolecular Hbond substituents is 2. The molecule has 0 spiro atoms. The van der Waals surface area contributed by atoms with Gasteiger partial charge < -0.3 is 10.2 Å². The second-order valence-corrected chi connectivity index (χ2v) is 4.65. The Morgan fingerprint density at radius 3 is 2.58 bits per heavy atom. The summed E-state index contributed by atoms with van der Waals surface area (Å²) in [7, 11) is 0. The molecule has 2 aromatic carbocycles. The molecule has 0 aromatic heterocycles. The van der Waals surface area contributed by atoms with Crippen LogP contribution < -0.4 is 0 Å². The van der Waals surface area contributed by atoms with Gasteiger partial charge in [0.1, 0.15) is 11.5 Å². The molecule has 98 valence electrons. The van der Waals surface area contributed by atoms with Crippen molar-refractivity contribution in [2.24, 2.45) is 4.99 Å². The summed E-state index contributed by atoms with van der Waals surface area (Å²) >= 11 is 5.86. The number of aliphatic imine (C=N–C) groups is 1. The lowest BCUT2D eigenvalue weighted by Crippen LogP contribution is -1.92. The number of benzene rings is 2. The smallest absolute Gasteiger partial charge is 0.124 e. The summed E-state index contributed by atoms with van der Waals surface area (Å²) in [4.78, 5) is 4.32. The maximum Gasteiger partial charge on any atom is 0.124 e. The molecule has 0 saturated carbocycles. The van der Waals surface area contributed by atoms with Gasteiger partial charge in [0.15, 0.2) is 0 Å². The van der Waals surface area contributed by atoms with Crippen LogP contribution in [-0.2, 0) is 0 Å². The third kappa shape index (κ3) is 3.26. The Morgan fingerprint density at radius 2 is 1.84 bits per heavy atom. The van der Waals surface area contributed by atoms with Gasteiger partial charge in [-0.05, 0) is 31.2 Å². The summed E-state index contributed by atoms with van der Waals surface area (Å²) in [6.07, 6.45) is 1.55. The first-order valence-corrected chi connectivity index (χ1v) is 6.25. The first-order chi connectivity index (χ1) is 9.08. The largest absolute Gasteiger partial charge is 0.508 e. The van der Waals surface area contributed by atoms with Crippen molar-refractivity contribution in [3.8, 4) is 11.5 Å². The molecule has 3 nitrogen and oxygen atoms in total. The highest BCUT2D eigenvalue weighted by Crippen LogP contribution is 2.26. The summed E-state index contributed by atoms with van der Waals surface area (Å²) in [6, 6.07) is 11.6. The summed E-state index contributed by atoms with van der Waals surface area (Å²) in [5.74, 6) is 0.333. The Morgan fingerprint density at radius 1 is 1.11 bits per heavy atom. The number of aromatic hydroxyl groups is 2. The second-order valence-electron chi connectivity index (χ2n) is 4.22. The van der Waals surface area contributed by atoms with Crippen LogP contribution in [0.2, 0.25) is 5.02 Å². The monoisotopic (exact) mass is 275 g/mol. The molecule has 0 radical (unpaired) electrons. The van der Waals surface area contributed by atoms with E-state index in [1.54, 1.807) is 30.5 Å². The van der Waals surface area contributed by atoms with Crippen LogP contribution in [0.15, 0.2) is 47.5 Å². The van der Waals surface area contributed by atoms with Gasteiger partial charge in [0.25, 0.3) is 0 Å². The fourth-order valence-electron chi connectivity index (χ4n) is 1.74. The lowest BCUT2D eigenvalue weighted by atomic mass is 10.1. The zero-order valence-electron chi connectivity index (χ0n) is 10.4. The van der Waals surface area contributed by atoms with E-state index in [9.17, 15) is 10.2 Å². The molecular formula is C15H14ClNO2. The normalized spacial score (nSPS) is 12.7. The third-order valence-corrected chi connectivity index (χ3v) is 3.05. The van der Waals surface area contributed by atoms with Crippen LogP contribution in [0.4, 0.5) is 0 Å². The highest BCUT2D eigenvalue weighted by atomic mass is 35.5. The lowest BCUT2D eigenvalue weighted by molar-refractivity contribution is 0.464. The number of hydrogen-bond acceptors (Lipinski definition) is 3. The topological polar surface area (TPSA) is 52.8 Å². The highest BCUT2D eigenvalue weighted by molar-refractivity contribution is 6.30. The average Bonchev–Trinajstić information content (AvgIpc) is 2.40. The van der Waals surface area contributed by atoms with E-state index < -0.39 is 0 Å². The number of phenols is 2. The maximum absolute atomic E-state index is 9.73. The van der Waals surface area contributed by atoms with Crippen molar-refractivity contribution in [1.29, 1.82) is 0 Å². The lowest BCUT2D eigenvalue weighted by Gasteiger charge is -2.08. The molecule has 1 atom stereocenters. The van der Waals surface area contributed by atoms with Gasteiger partial charge in [-0.1, -0.05) is 29.8 Å². The first kappa shape index (κ1) is 13.4. The number of halogens is 1.